The first kappa shape index (κ1) is 13.0. The van der Waals surface area contributed by atoms with Crippen molar-refractivity contribution in [3.63, 3.8) is 0 Å². The number of hydrogen-bond donors (Lipinski definition) is 0. The van der Waals surface area contributed by atoms with E-state index in [-0.39, 0.29) is 10.8 Å². The first-order valence-electron chi connectivity index (χ1n) is 6.79. The highest BCUT2D eigenvalue weighted by atomic mass is 35.5. The summed E-state index contributed by atoms with van der Waals surface area (Å²) in [6.45, 7) is 6.84. The molecule has 1 aliphatic rings. The average molecular weight is 251 g/mol. The van der Waals surface area contributed by atoms with E-state index in [1.807, 2.05) is 0 Å². The second kappa shape index (κ2) is 5.02. The van der Waals surface area contributed by atoms with E-state index in [1.165, 1.54) is 36.8 Å². The van der Waals surface area contributed by atoms with Crippen LogP contribution >= 0.6 is 11.6 Å². The molecule has 1 aromatic carbocycles. The molecule has 0 N–H and O–H groups in total. The van der Waals surface area contributed by atoms with Gasteiger partial charge in [-0.15, -0.1) is 11.6 Å². The van der Waals surface area contributed by atoms with Crippen molar-refractivity contribution in [1.29, 1.82) is 0 Å². The third-order valence-electron chi connectivity index (χ3n) is 4.46. The summed E-state index contributed by atoms with van der Waals surface area (Å²) in [5, 5.41) is 0.225. The first-order chi connectivity index (χ1) is 8.04. The summed E-state index contributed by atoms with van der Waals surface area (Å²) >= 11 is 6.51. The molecule has 1 atom stereocenters. The molecule has 1 unspecified atom stereocenters. The van der Waals surface area contributed by atoms with Crippen LogP contribution in [0, 0.1) is 5.92 Å². The molecule has 1 heteroatoms. The van der Waals surface area contributed by atoms with Crippen LogP contribution in [-0.2, 0) is 5.41 Å². The van der Waals surface area contributed by atoms with E-state index < -0.39 is 0 Å². The standard InChI is InChI=1S/C16H23Cl/c1-4-16(2,3)14-10-8-13(9-11-14)15(17)12-6-5-7-12/h8-12,15H,4-7H2,1-3H3. The molecular formula is C16H23Cl. The van der Waals surface area contributed by atoms with Gasteiger partial charge >= 0.3 is 0 Å². The van der Waals surface area contributed by atoms with E-state index in [2.05, 4.69) is 45.0 Å². The van der Waals surface area contributed by atoms with E-state index in [9.17, 15) is 0 Å². The number of halogens is 1. The van der Waals surface area contributed by atoms with Crippen molar-refractivity contribution in [2.24, 2.45) is 5.92 Å². The maximum atomic E-state index is 6.51. The molecule has 0 radical (unpaired) electrons. The molecule has 0 heterocycles. The Morgan fingerprint density at radius 1 is 1.24 bits per heavy atom. The van der Waals surface area contributed by atoms with Crippen LogP contribution in [0.25, 0.3) is 0 Å². The second-order valence-corrected chi connectivity index (χ2v) is 6.42. The van der Waals surface area contributed by atoms with Gasteiger partial charge in [0.2, 0.25) is 0 Å². The zero-order valence-electron chi connectivity index (χ0n) is 11.2. The van der Waals surface area contributed by atoms with Crippen LogP contribution in [0.3, 0.4) is 0 Å². The molecule has 17 heavy (non-hydrogen) atoms. The Bertz CT molecular complexity index is 360. The number of hydrogen-bond acceptors (Lipinski definition) is 0. The fourth-order valence-corrected chi connectivity index (χ4v) is 2.72. The summed E-state index contributed by atoms with van der Waals surface area (Å²) in [5.74, 6) is 0.710. The highest BCUT2D eigenvalue weighted by molar-refractivity contribution is 6.21. The van der Waals surface area contributed by atoms with Crippen LogP contribution in [0.2, 0.25) is 0 Å². The summed E-state index contributed by atoms with van der Waals surface area (Å²) in [5.41, 5.74) is 2.99. The predicted octanol–water partition coefficient (Wildman–Crippen LogP) is 5.45. The van der Waals surface area contributed by atoms with Crippen molar-refractivity contribution in [3.8, 4) is 0 Å². The zero-order valence-corrected chi connectivity index (χ0v) is 11.9. The van der Waals surface area contributed by atoms with E-state index in [1.54, 1.807) is 0 Å². The Balaban J connectivity index is 2.12. The van der Waals surface area contributed by atoms with Gasteiger partial charge in [0.15, 0.2) is 0 Å². The van der Waals surface area contributed by atoms with Crippen LogP contribution in [0.1, 0.15) is 63.0 Å². The quantitative estimate of drug-likeness (QED) is 0.623. The van der Waals surface area contributed by atoms with Crippen molar-refractivity contribution in [1.82, 2.24) is 0 Å². The zero-order chi connectivity index (χ0) is 12.5. The van der Waals surface area contributed by atoms with Crippen molar-refractivity contribution in [3.05, 3.63) is 35.4 Å². The second-order valence-electron chi connectivity index (χ2n) is 5.95. The highest BCUT2D eigenvalue weighted by Gasteiger charge is 2.27. The van der Waals surface area contributed by atoms with E-state index >= 15 is 0 Å². The SMILES string of the molecule is CCC(C)(C)c1ccc(C(Cl)C2CCC2)cc1. The van der Waals surface area contributed by atoms with E-state index in [0.717, 1.165) is 0 Å². The van der Waals surface area contributed by atoms with E-state index in [4.69, 9.17) is 11.6 Å². The van der Waals surface area contributed by atoms with Crippen molar-refractivity contribution < 1.29 is 0 Å². The Labute approximate surface area is 110 Å². The third kappa shape index (κ3) is 2.68. The van der Waals surface area contributed by atoms with Gasteiger partial charge in [-0.3, -0.25) is 0 Å². The van der Waals surface area contributed by atoms with Crippen molar-refractivity contribution >= 4 is 11.6 Å². The molecule has 1 aromatic rings. The molecule has 0 bridgehead atoms. The Morgan fingerprint density at radius 3 is 2.24 bits per heavy atom. The van der Waals surface area contributed by atoms with Gasteiger partial charge in [-0.1, -0.05) is 51.5 Å². The summed E-state index contributed by atoms with van der Waals surface area (Å²) in [6, 6.07) is 8.96. The minimum absolute atomic E-state index is 0.225. The van der Waals surface area contributed by atoms with Gasteiger partial charge in [-0.2, -0.15) is 0 Å². The Hall–Kier alpha value is -0.490. The van der Waals surface area contributed by atoms with Gasteiger partial charge in [0.25, 0.3) is 0 Å². The molecule has 0 aliphatic heterocycles. The molecule has 1 saturated carbocycles. The van der Waals surface area contributed by atoms with Gasteiger partial charge in [-0.05, 0) is 41.7 Å². The number of benzene rings is 1. The lowest BCUT2D eigenvalue weighted by molar-refractivity contribution is 0.305. The van der Waals surface area contributed by atoms with Crippen LogP contribution in [-0.4, -0.2) is 0 Å². The molecule has 0 spiro atoms. The summed E-state index contributed by atoms with van der Waals surface area (Å²) in [4.78, 5) is 0. The lowest BCUT2D eigenvalue weighted by Gasteiger charge is -2.30. The number of alkyl halides is 1. The minimum Gasteiger partial charge on any atom is -0.118 e. The lowest BCUT2D eigenvalue weighted by Crippen LogP contribution is -2.18. The molecule has 0 aromatic heterocycles. The topological polar surface area (TPSA) is 0 Å². The molecule has 2 rings (SSSR count). The molecule has 1 aliphatic carbocycles. The van der Waals surface area contributed by atoms with Crippen LogP contribution in [0.5, 0.6) is 0 Å². The largest absolute Gasteiger partial charge is 0.118 e. The fourth-order valence-electron chi connectivity index (χ4n) is 2.33. The molecule has 94 valence electrons. The third-order valence-corrected chi connectivity index (χ3v) is 5.07. The Kier molecular flexibility index (Phi) is 3.82. The van der Waals surface area contributed by atoms with Crippen molar-refractivity contribution in [2.45, 2.75) is 57.2 Å². The van der Waals surface area contributed by atoms with Crippen LogP contribution in [0.4, 0.5) is 0 Å². The maximum absolute atomic E-state index is 6.51. The molecular weight excluding hydrogens is 228 g/mol. The van der Waals surface area contributed by atoms with Gasteiger partial charge < -0.3 is 0 Å². The van der Waals surface area contributed by atoms with Gasteiger partial charge in [0.05, 0.1) is 5.38 Å². The Morgan fingerprint density at radius 2 is 1.82 bits per heavy atom. The fraction of sp³-hybridized carbons (Fsp3) is 0.625. The van der Waals surface area contributed by atoms with Crippen LogP contribution in [0.15, 0.2) is 24.3 Å². The highest BCUT2D eigenvalue weighted by Crippen LogP contribution is 2.42. The summed E-state index contributed by atoms with van der Waals surface area (Å²) in [7, 11) is 0. The monoisotopic (exact) mass is 250 g/mol. The smallest absolute Gasteiger partial charge is 0.0613 e. The average Bonchev–Trinajstić information content (AvgIpc) is 2.27. The predicted molar refractivity (Wildman–Crippen MR) is 75.7 cm³/mol. The minimum atomic E-state index is 0.225. The summed E-state index contributed by atoms with van der Waals surface area (Å²) in [6.07, 6.45) is 5.13. The first-order valence-corrected chi connectivity index (χ1v) is 7.23. The van der Waals surface area contributed by atoms with Gasteiger partial charge in [0.1, 0.15) is 0 Å². The van der Waals surface area contributed by atoms with Crippen molar-refractivity contribution in [2.75, 3.05) is 0 Å². The van der Waals surface area contributed by atoms with Gasteiger partial charge in [-0.25, -0.2) is 0 Å². The molecule has 0 saturated heterocycles. The van der Waals surface area contributed by atoms with Gasteiger partial charge in [0, 0.05) is 0 Å². The maximum Gasteiger partial charge on any atom is 0.0613 e. The number of rotatable bonds is 4. The van der Waals surface area contributed by atoms with Crippen LogP contribution < -0.4 is 0 Å². The van der Waals surface area contributed by atoms with E-state index in [0.29, 0.717) is 5.92 Å². The summed E-state index contributed by atoms with van der Waals surface area (Å²) < 4.78 is 0. The normalized spacial score (nSPS) is 18.8. The molecule has 0 nitrogen and oxygen atoms in total. The molecule has 0 amide bonds. The molecule has 1 fully saturated rings. The lowest BCUT2D eigenvalue weighted by atomic mass is 9.79.